The number of methoxy groups -OCH3 is 2. The van der Waals surface area contributed by atoms with E-state index in [9.17, 15) is 32.7 Å². The second kappa shape index (κ2) is 14.5. The van der Waals surface area contributed by atoms with Crippen molar-refractivity contribution in [3.63, 3.8) is 0 Å². The summed E-state index contributed by atoms with van der Waals surface area (Å²) in [4.78, 5) is 60.6. The first-order valence-corrected chi connectivity index (χ1v) is 19.1. The van der Waals surface area contributed by atoms with Crippen molar-refractivity contribution >= 4 is 44.6 Å². The molecule has 2 aliphatic heterocycles. The second-order valence-electron chi connectivity index (χ2n) is 14.8. The van der Waals surface area contributed by atoms with Crippen molar-refractivity contribution in [2.24, 2.45) is 17.8 Å². The first-order valence-electron chi connectivity index (χ1n) is 17.6. The van der Waals surface area contributed by atoms with E-state index in [1.54, 1.807) is 6.92 Å². The van der Waals surface area contributed by atoms with Gasteiger partial charge in [0.05, 0.1) is 31.2 Å². The van der Waals surface area contributed by atoms with Crippen LogP contribution in [0.1, 0.15) is 58.8 Å². The Kier molecular flexibility index (Phi) is 10.4. The summed E-state index contributed by atoms with van der Waals surface area (Å²) in [5.74, 6) is -2.35. The van der Waals surface area contributed by atoms with Crippen molar-refractivity contribution < 1.29 is 46.9 Å². The zero-order chi connectivity index (χ0) is 37.4. The number of amides is 4. The Morgan fingerprint density at radius 1 is 1.13 bits per heavy atom. The van der Waals surface area contributed by atoms with Gasteiger partial charge in [0.25, 0.3) is 5.91 Å². The minimum absolute atomic E-state index is 0.0146. The Balaban J connectivity index is 1.36. The molecule has 4 amide bonds. The van der Waals surface area contributed by atoms with E-state index in [1.807, 2.05) is 43.3 Å². The number of carbonyl (C=O) groups is 4. The first kappa shape index (κ1) is 37.3. The van der Waals surface area contributed by atoms with Crippen molar-refractivity contribution in [2.45, 2.75) is 87.3 Å². The number of allylic oxidation sites excluding steroid dienone is 1. The van der Waals surface area contributed by atoms with Gasteiger partial charge < -0.3 is 34.9 Å². The summed E-state index contributed by atoms with van der Waals surface area (Å²) in [6, 6.07) is 4.88. The van der Waals surface area contributed by atoms with Gasteiger partial charge in [-0.15, -0.1) is 0 Å². The molecule has 7 atom stereocenters. The lowest BCUT2D eigenvalue weighted by Gasteiger charge is -2.33. The summed E-state index contributed by atoms with van der Waals surface area (Å²) in [7, 11) is -0.999. The Labute approximate surface area is 302 Å². The van der Waals surface area contributed by atoms with Crippen molar-refractivity contribution in [2.75, 3.05) is 27.4 Å². The van der Waals surface area contributed by atoms with Crippen LogP contribution in [0.2, 0.25) is 0 Å². The Morgan fingerprint density at radius 3 is 2.54 bits per heavy atom. The highest BCUT2D eigenvalue weighted by molar-refractivity contribution is 7.91. The fourth-order valence-corrected chi connectivity index (χ4v) is 8.79. The van der Waals surface area contributed by atoms with E-state index in [-0.39, 0.29) is 37.8 Å². The minimum atomic E-state index is -4.01. The number of aromatic nitrogens is 1. The van der Waals surface area contributed by atoms with Crippen molar-refractivity contribution in [1.29, 1.82) is 0 Å². The van der Waals surface area contributed by atoms with Crippen LogP contribution in [0.15, 0.2) is 42.6 Å². The second-order valence-corrected chi connectivity index (χ2v) is 17.0. The highest BCUT2D eigenvalue weighted by Crippen LogP contribution is 2.47. The van der Waals surface area contributed by atoms with Crippen LogP contribution in [-0.4, -0.2) is 103 Å². The molecule has 1 saturated heterocycles. The van der Waals surface area contributed by atoms with Crippen LogP contribution >= 0.6 is 0 Å². The molecule has 0 unspecified atom stereocenters. The number of benzene rings is 1. The van der Waals surface area contributed by atoms with E-state index >= 15 is 0 Å². The van der Waals surface area contributed by atoms with Gasteiger partial charge in [0.2, 0.25) is 27.7 Å². The average Bonchev–Trinajstić information content (AvgIpc) is 3.98. The van der Waals surface area contributed by atoms with Crippen LogP contribution in [0.4, 0.5) is 4.79 Å². The van der Waals surface area contributed by atoms with Crippen LogP contribution in [0.25, 0.3) is 10.8 Å². The van der Waals surface area contributed by atoms with Crippen molar-refractivity contribution in [1.82, 2.24) is 25.2 Å². The zero-order valence-corrected chi connectivity index (χ0v) is 30.6. The van der Waals surface area contributed by atoms with Crippen LogP contribution in [0.3, 0.4) is 0 Å². The highest BCUT2D eigenvalue weighted by atomic mass is 32.2. The van der Waals surface area contributed by atoms with Gasteiger partial charge in [-0.25, -0.2) is 18.2 Å². The summed E-state index contributed by atoms with van der Waals surface area (Å²) in [5.41, 5.74) is -1.56. The van der Waals surface area contributed by atoms with Gasteiger partial charge in [-0.1, -0.05) is 37.3 Å². The lowest BCUT2D eigenvalue weighted by atomic mass is 9.87. The molecule has 52 heavy (non-hydrogen) atoms. The van der Waals surface area contributed by atoms with Gasteiger partial charge in [-0.3, -0.25) is 19.1 Å². The molecule has 0 spiro atoms. The molecule has 2 aliphatic carbocycles. The number of rotatable bonds is 9. The van der Waals surface area contributed by atoms with Gasteiger partial charge in [-0.05, 0) is 57.4 Å². The third kappa shape index (κ3) is 7.40. The molecular formula is C36H47N5O10S. The average molecular weight is 742 g/mol. The number of hydrogen-bond donors (Lipinski definition) is 4. The summed E-state index contributed by atoms with van der Waals surface area (Å²) in [6.07, 6.45) is 5.87. The van der Waals surface area contributed by atoms with Crippen molar-refractivity contribution in [3.8, 4) is 11.6 Å². The third-order valence-corrected chi connectivity index (χ3v) is 13.1. The lowest BCUT2D eigenvalue weighted by Crippen LogP contribution is -2.59. The summed E-state index contributed by atoms with van der Waals surface area (Å²) >= 11 is 0. The number of nitrogens with one attached hydrogen (secondary N) is 3. The SMILES string of the molecule is COC[C@@H]1C[C@H](C)CC/C=C\[C@@H]2C[C@@]2(C(=O)NS(=O)(=O)C2(C)CC2)NC(=O)[C@@H]2C[C@@H](Oc3ncc(OC)c4ccccc34)CN2C(=O)[C@H]1NC(=O)O. The van der Waals surface area contributed by atoms with Gasteiger partial charge in [0, 0.05) is 36.1 Å². The van der Waals surface area contributed by atoms with Gasteiger partial charge in [0.1, 0.15) is 29.5 Å². The number of carbonyl (C=O) groups excluding carboxylic acids is 3. The van der Waals surface area contributed by atoms with E-state index in [0.717, 1.165) is 5.39 Å². The molecule has 1 aromatic carbocycles. The molecule has 2 aromatic rings. The number of nitrogens with zero attached hydrogens (tertiary/aromatic N) is 2. The summed E-state index contributed by atoms with van der Waals surface area (Å²) in [5, 5.41) is 16.5. The smallest absolute Gasteiger partial charge is 0.405 e. The number of carboxylic acid groups (broad SMARTS) is 1. The highest BCUT2D eigenvalue weighted by Gasteiger charge is 2.63. The zero-order valence-electron chi connectivity index (χ0n) is 29.8. The summed E-state index contributed by atoms with van der Waals surface area (Å²) in [6.45, 7) is 3.57. The molecule has 0 radical (unpaired) electrons. The van der Waals surface area contributed by atoms with Gasteiger partial charge in [0.15, 0.2) is 0 Å². The molecule has 15 nitrogen and oxygen atoms in total. The van der Waals surface area contributed by atoms with Crippen LogP contribution in [-0.2, 0) is 29.1 Å². The van der Waals surface area contributed by atoms with E-state index in [0.29, 0.717) is 43.2 Å². The van der Waals surface area contributed by atoms with Gasteiger partial charge >= 0.3 is 6.09 Å². The molecule has 4 aliphatic rings. The molecule has 282 valence electrons. The number of fused-ring (bicyclic) bond motifs is 3. The van der Waals surface area contributed by atoms with Crippen LogP contribution < -0.4 is 24.8 Å². The number of pyridine rings is 1. The molecule has 4 N–H and O–H groups in total. The van der Waals surface area contributed by atoms with Crippen molar-refractivity contribution in [3.05, 3.63) is 42.6 Å². The fourth-order valence-electron chi connectivity index (χ4n) is 7.48. The topological polar surface area (TPSA) is 203 Å². The van der Waals surface area contributed by atoms with E-state index in [2.05, 4.69) is 20.3 Å². The minimum Gasteiger partial charge on any atom is -0.494 e. The molecule has 16 heteroatoms. The maximum atomic E-state index is 14.5. The maximum absolute atomic E-state index is 14.5. The number of ether oxygens (including phenoxy) is 3. The third-order valence-electron chi connectivity index (χ3n) is 11.0. The molecular weight excluding hydrogens is 694 g/mol. The molecule has 2 saturated carbocycles. The number of sulfonamides is 1. The molecule has 0 bridgehead atoms. The fraction of sp³-hybridized carbons (Fsp3) is 0.583. The molecule has 6 rings (SSSR count). The van der Waals surface area contributed by atoms with Crippen LogP contribution in [0, 0.1) is 17.8 Å². The van der Waals surface area contributed by atoms with Crippen LogP contribution in [0.5, 0.6) is 11.6 Å². The maximum Gasteiger partial charge on any atom is 0.405 e. The molecule has 1 aromatic heterocycles. The van der Waals surface area contributed by atoms with Gasteiger partial charge in [-0.2, -0.15) is 0 Å². The number of hydrogen-bond acceptors (Lipinski definition) is 10. The van der Waals surface area contributed by atoms with E-state index < -0.39 is 74.1 Å². The first-order chi connectivity index (χ1) is 24.7. The van der Waals surface area contributed by atoms with E-state index in [4.69, 9.17) is 14.2 Å². The Hall–Kier alpha value is -4.44. The Morgan fingerprint density at radius 2 is 1.87 bits per heavy atom. The molecule has 3 heterocycles. The largest absolute Gasteiger partial charge is 0.494 e. The summed E-state index contributed by atoms with van der Waals surface area (Å²) < 4.78 is 44.7. The van der Waals surface area contributed by atoms with E-state index in [1.165, 1.54) is 25.3 Å². The predicted molar refractivity (Wildman–Crippen MR) is 189 cm³/mol. The Bertz CT molecular complexity index is 1870. The standard InChI is InChI=1S/C36H47N5O10S/c1-21-9-5-6-10-23-17-36(23,33(44)40-52(47,48)35(2)13-14-35)39-30(42)27-16-24(51-31-26-12-8-7-11-25(26)28(50-4)18-37-31)19-41(27)32(43)29(38-34(45)46)22(15-21)20-49-3/h6-8,10-12,18,21-24,27,29,38H,5,9,13-17,19-20H2,1-4H3,(H,39,42)(H,40,44)(H,45,46)/b10-6-/t21-,22+,23-,24-,27+,29+,36-/m1/s1. The predicted octanol–water partition coefficient (Wildman–Crippen LogP) is 2.74. The normalized spacial score (nSPS) is 30.8. The lowest BCUT2D eigenvalue weighted by molar-refractivity contribution is -0.142. The quantitative estimate of drug-likeness (QED) is 0.275. The monoisotopic (exact) mass is 741 g/mol. The molecule has 3 fully saturated rings.